The monoisotopic (exact) mass is 287 g/mol. The number of hydrogen-bond acceptors (Lipinski definition) is 6. The van der Waals surface area contributed by atoms with Crippen LogP contribution in [-0.2, 0) is 19.1 Å². The Morgan fingerprint density at radius 3 is 2.15 bits per heavy atom. The minimum Gasteiger partial charge on any atom is -0.490 e. The fourth-order valence-electron chi connectivity index (χ4n) is 1.66. The summed E-state index contributed by atoms with van der Waals surface area (Å²) in [4.78, 5) is 33.8. The Labute approximate surface area is 114 Å². The largest absolute Gasteiger partial charge is 0.490 e. The Balaban J connectivity index is 3.27. The third-order valence-electron chi connectivity index (χ3n) is 2.96. The number of alkyl halides is 1. The third kappa shape index (κ3) is 2.40. The lowest BCUT2D eigenvalue weighted by Gasteiger charge is -2.24. The number of Topliss-reactive ketones (excluding diaryl/α,β-unsaturated/α-hetero) is 1. The molecule has 110 valence electrons. The molecule has 0 spiro atoms. The first kappa shape index (κ1) is 15.8. The van der Waals surface area contributed by atoms with Crippen LogP contribution in [0.1, 0.15) is 13.8 Å². The van der Waals surface area contributed by atoms with Crippen LogP contribution in [0.4, 0.5) is 4.39 Å². The van der Waals surface area contributed by atoms with Crippen molar-refractivity contribution >= 4 is 11.6 Å². The maximum Gasteiger partial charge on any atom is 0.251 e. The minimum atomic E-state index is -2.25. The first-order chi connectivity index (χ1) is 9.18. The van der Waals surface area contributed by atoms with Crippen LogP contribution in [0, 0.1) is 10.1 Å². The van der Waals surface area contributed by atoms with Crippen LogP contribution >= 0.6 is 0 Å². The van der Waals surface area contributed by atoms with Gasteiger partial charge in [-0.25, -0.2) is 4.39 Å². The van der Waals surface area contributed by atoms with E-state index in [9.17, 15) is 24.1 Å². The molecule has 0 amide bonds. The highest BCUT2D eigenvalue weighted by molar-refractivity contribution is 6.21. The predicted octanol–water partition coefficient (Wildman–Crippen LogP) is 0.962. The molecule has 20 heavy (non-hydrogen) atoms. The molecule has 0 aromatic rings. The van der Waals surface area contributed by atoms with E-state index >= 15 is 0 Å². The number of methoxy groups -OCH3 is 2. The van der Waals surface area contributed by atoms with Gasteiger partial charge in [-0.05, 0) is 6.08 Å². The van der Waals surface area contributed by atoms with E-state index in [0.29, 0.717) is 6.08 Å². The first-order valence-corrected chi connectivity index (χ1v) is 5.59. The predicted molar refractivity (Wildman–Crippen MR) is 65.1 cm³/mol. The fraction of sp³-hybridized carbons (Fsp3) is 0.500. The number of rotatable bonds is 5. The first-order valence-electron chi connectivity index (χ1n) is 5.59. The van der Waals surface area contributed by atoms with Gasteiger partial charge in [0.15, 0.2) is 6.17 Å². The van der Waals surface area contributed by atoms with Crippen molar-refractivity contribution in [1.82, 2.24) is 0 Å². The number of hydrogen-bond donors (Lipinski definition) is 0. The number of ketones is 2. The molecule has 0 aliphatic heterocycles. The van der Waals surface area contributed by atoms with Crippen molar-refractivity contribution in [2.24, 2.45) is 0 Å². The summed E-state index contributed by atoms with van der Waals surface area (Å²) in [5, 5.41) is 10.8. The molecular weight excluding hydrogens is 273 g/mol. The summed E-state index contributed by atoms with van der Waals surface area (Å²) in [5.41, 5.74) is -2.67. The number of allylic oxidation sites excluding steroid dienone is 2. The molecule has 1 atom stereocenters. The van der Waals surface area contributed by atoms with Gasteiger partial charge in [-0.1, -0.05) is 0 Å². The van der Waals surface area contributed by atoms with E-state index in [4.69, 9.17) is 9.47 Å². The SMILES string of the molecule is COC1=C(OC)C(=O)C(C(F)C(C)(C)[N+](=O)[O-])=CC1=O. The van der Waals surface area contributed by atoms with Gasteiger partial charge in [0.2, 0.25) is 23.1 Å². The Hall–Kier alpha value is -2.25. The zero-order chi connectivity index (χ0) is 15.7. The van der Waals surface area contributed by atoms with Gasteiger partial charge in [0.25, 0.3) is 5.54 Å². The van der Waals surface area contributed by atoms with Crippen LogP contribution in [0.15, 0.2) is 23.2 Å². The van der Waals surface area contributed by atoms with Crippen LogP contribution < -0.4 is 0 Å². The van der Waals surface area contributed by atoms with E-state index in [-0.39, 0.29) is 5.76 Å². The molecule has 0 aromatic heterocycles. The van der Waals surface area contributed by atoms with Gasteiger partial charge < -0.3 is 9.47 Å². The molecule has 0 N–H and O–H groups in total. The molecule has 1 unspecified atom stereocenters. The smallest absolute Gasteiger partial charge is 0.251 e. The lowest BCUT2D eigenvalue weighted by Crippen LogP contribution is -2.45. The van der Waals surface area contributed by atoms with Gasteiger partial charge in [-0.2, -0.15) is 0 Å². The quantitative estimate of drug-likeness (QED) is 0.424. The summed E-state index contributed by atoms with van der Waals surface area (Å²) in [7, 11) is 2.28. The highest BCUT2D eigenvalue weighted by atomic mass is 19.1. The van der Waals surface area contributed by atoms with E-state index in [1.807, 2.05) is 0 Å². The normalized spacial score (nSPS) is 17.8. The summed E-state index contributed by atoms with van der Waals surface area (Å²) in [6, 6.07) is 0. The summed E-state index contributed by atoms with van der Waals surface area (Å²) in [6.07, 6.45) is -1.54. The summed E-state index contributed by atoms with van der Waals surface area (Å²) >= 11 is 0. The molecule has 0 heterocycles. The van der Waals surface area contributed by atoms with Crippen molar-refractivity contribution in [3.8, 4) is 0 Å². The second kappa shape index (κ2) is 5.40. The topological polar surface area (TPSA) is 95.7 Å². The van der Waals surface area contributed by atoms with Crippen LogP contribution in [0.2, 0.25) is 0 Å². The van der Waals surface area contributed by atoms with Crippen molar-refractivity contribution in [1.29, 1.82) is 0 Å². The van der Waals surface area contributed by atoms with Gasteiger partial charge in [-0.15, -0.1) is 0 Å². The Bertz CT molecular complexity index is 534. The Morgan fingerprint density at radius 2 is 1.75 bits per heavy atom. The van der Waals surface area contributed by atoms with Crippen molar-refractivity contribution < 1.29 is 28.4 Å². The molecule has 1 aliphatic rings. The molecule has 7 nitrogen and oxygen atoms in total. The van der Waals surface area contributed by atoms with Crippen LogP contribution in [0.3, 0.4) is 0 Å². The molecule has 1 rings (SSSR count). The summed E-state index contributed by atoms with van der Waals surface area (Å²) in [5.74, 6) is -2.53. The number of ether oxygens (including phenoxy) is 2. The average molecular weight is 287 g/mol. The lowest BCUT2D eigenvalue weighted by atomic mass is 9.87. The van der Waals surface area contributed by atoms with E-state index in [2.05, 4.69) is 0 Å². The van der Waals surface area contributed by atoms with E-state index in [0.717, 1.165) is 28.1 Å². The second-order valence-corrected chi connectivity index (χ2v) is 4.63. The third-order valence-corrected chi connectivity index (χ3v) is 2.96. The number of nitro groups is 1. The van der Waals surface area contributed by atoms with Crippen molar-refractivity contribution in [2.45, 2.75) is 25.6 Å². The molecule has 0 bridgehead atoms. The number of carbonyl (C=O) groups is 2. The molecule has 0 saturated carbocycles. The maximum absolute atomic E-state index is 14.3. The zero-order valence-electron chi connectivity index (χ0n) is 11.4. The molecule has 0 saturated heterocycles. The minimum absolute atomic E-state index is 0.354. The molecule has 0 aromatic carbocycles. The second-order valence-electron chi connectivity index (χ2n) is 4.63. The maximum atomic E-state index is 14.3. The Kier molecular flexibility index (Phi) is 4.26. The molecule has 1 aliphatic carbocycles. The van der Waals surface area contributed by atoms with Crippen LogP contribution in [0.5, 0.6) is 0 Å². The van der Waals surface area contributed by atoms with Crippen LogP contribution in [0.25, 0.3) is 0 Å². The van der Waals surface area contributed by atoms with E-state index in [1.165, 1.54) is 0 Å². The number of halogens is 1. The molecule has 8 heteroatoms. The van der Waals surface area contributed by atoms with Gasteiger partial charge in [0.1, 0.15) is 0 Å². The molecule has 0 fully saturated rings. The number of carbonyl (C=O) groups excluding carboxylic acids is 2. The van der Waals surface area contributed by atoms with E-state index < -0.39 is 39.5 Å². The highest BCUT2D eigenvalue weighted by Gasteiger charge is 2.48. The molecular formula is C12H14FNO6. The number of nitrogens with zero attached hydrogens (tertiary/aromatic N) is 1. The lowest BCUT2D eigenvalue weighted by molar-refractivity contribution is -0.567. The Morgan fingerprint density at radius 1 is 1.25 bits per heavy atom. The van der Waals surface area contributed by atoms with E-state index in [1.54, 1.807) is 0 Å². The van der Waals surface area contributed by atoms with Crippen molar-refractivity contribution in [2.75, 3.05) is 14.2 Å². The molecule has 0 radical (unpaired) electrons. The highest BCUT2D eigenvalue weighted by Crippen LogP contribution is 2.30. The van der Waals surface area contributed by atoms with Gasteiger partial charge in [0, 0.05) is 24.3 Å². The van der Waals surface area contributed by atoms with Gasteiger partial charge in [0.05, 0.1) is 14.2 Å². The average Bonchev–Trinajstić information content (AvgIpc) is 2.39. The fourth-order valence-corrected chi connectivity index (χ4v) is 1.66. The van der Waals surface area contributed by atoms with Crippen molar-refractivity contribution in [3.05, 3.63) is 33.3 Å². The van der Waals surface area contributed by atoms with Crippen LogP contribution in [-0.4, -0.2) is 42.4 Å². The van der Waals surface area contributed by atoms with Gasteiger partial charge in [-0.3, -0.25) is 19.7 Å². The summed E-state index contributed by atoms with van der Waals surface area (Å²) < 4.78 is 23.7. The standard InChI is InChI=1S/C12H14FNO6/c1-12(2,14(17)18)11(13)6-5-7(15)9(19-3)10(20-4)8(6)16/h5,11H,1-4H3. The van der Waals surface area contributed by atoms with Crippen molar-refractivity contribution in [3.63, 3.8) is 0 Å². The zero-order valence-corrected chi connectivity index (χ0v) is 11.4. The van der Waals surface area contributed by atoms with Gasteiger partial charge >= 0.3 is 0 Å². The summed E-state index contributed by atoms with van der Waals surface area (Å²) in [6.45, 7) is 2.05.